The van der Waals surface area contributed by atoms with Gasteiger partial charge in [0, 0.05) is 31.4 Å². The predicted molar refractivity (Wildman–Crippen MR) is 83.8 cm³/mol. The molecule has 2 aromatic heterocycles. The Bertz CT molecular complexity index is 704. The summed E-state index contributed by atoms with van der Waals surface area (Å²) in [4.78, 5) is 12.0. The fourth-order valence-corrected chi connectivity index (χ4v) is 2.43. The van der Waals surface area contributed by atoms with Crippen molar-refractivity contribution in [3.05, 3.63) is 38.5 Å². The van der Waals surface area contributed by atoms with Crippen molar-refractivity contribution in [1.82, 2.24) is 19.6 Å². The van der Waals surface area contributed by atoms with Crippen LogP contribution in [0.3, 0.4) is 0 Å². The summed E-state index contributed by atoms with van der Waals surface area (Å²) in [6.45, 7) is 7.09. The molecule has 2 heterocycles. The van der Waals surface area contributed by atoms with Crippen molar-refractivity contribution < 1.29 is 0 Å². The maximum absolute atomic E-state index is 12.0. The number of anilines is 1. The van der Waals surface area contributed by atoms with Crippen LogP contribution in [0.15, 0.2) is 11.0 Å². The zero-order valence-corrected chi connectivity index (χ0v) is 13.5. The minimum absolute atomic E-state index is 0.178. The second-order valence-corrected chi connectivity index (χ2v) is 5.41. The van der Waals surface area contributed by atoms with Crippen LogP contribution in [0, 0.1) is 13.8 Å². The molecule has 21 heavy (non-hydrogen) atoms. The lowest BCUT2D eigenvalue weighted by Crippen LogP contribution is -2.24. The highest BCUT2D eigenvalue weighted by molar-refractivity contribution is 6.32. The molecule has 0 atom stereocenters. The molecule has 0 fully saturated rings. The Morgan fingerprint density at radius 3 is 2.67 bits per heavy atom. The summed E-state index contributed by atoms with van der Waals surface area (Å²) in [6.07, 6.45) is 2.44. The maximum Gasteiger partial charge on any atom is 0.287 e. The van der Waals surface area contributed by atoms with Gasteiger partial charge in [-0.25, -0.2) is 4.68 Å². The molecular weight excluding hydrogens is 290 g/mol. The normalized spacial score (nSPS) is 10.9. The van der Waals surface area contributed by atoms with Crippen LogP contribution in [0.1, 0.15) is 30.3 Å². The molecule has 0 amide bonds. The van der Waals surface area contributed by atoms with E-state index >= 15 is 0 Å². The monoisotopic (exact) mass is 309 g/mol. The van der Waals surface area contributed by atoms with Crippen LogP contribution in [-0.2, 0) is 20.1 Å². The van der Waals surface area contributed by atoms with E-state index in [0.29, 0.717) is 18.8 Å². The summed E-state index contributed by atoms with van der Waals surface area (Å²) in [7, 11) is 1.91. The Hall–Kier alpha value is -1.82. The van der Waals surface area contributed by atoms with E-state index < -0.39 is 0 Å². The molecule has 2 rings (SSSR count). The third-order valence-corrected chi connectivity index (χ3v) is 3.90. The third kappa shape index (κ3) is 3.10. The van der Waals surface area contributed by atoms with Gasteiger partial charge >= 0.3 is 0 Å². The predicted octanol–water partition coefficient (Wildman–Crippen LogP) is 2.27. The van der Waals surface area contributed by atoms with Gasteiger partial charge in [0.25, 0.3) is 5.56 Å². The van der Waals surface area contributed by atoms with E-state index in [1.807, 2.05) is 32.5 Å². The minimum atomic E-state index is -0.261. The number of halogens is 1. The number of aryl methyl sites for hydroxylation is 3. The summed E-state index contributed by atoms with van der Waals surface area (Å²) in [5.74, 6) is 0. The van der Waals surface area contributed by atoms with Crippen molar-refractivity contribution in [2.45, 2.75) is 40.3 Å². The van der Waals surface area contributed by atoms with Gasteiger partial charge in [-0.05, 0) is 20.3 Å². The van der Waals surface area contributed by atoms with Gasteiger partial charge in [-0.1, -0.05) is 18.5 Å². The van der Waals surface area contributed by atoms with Crippen molar-refractivity contribution in [2.24, 2.45) is 7.05 Å². The summed E-state index contributed by atoms with van der Waals surface area (Å²) in [5, 5.41) is 11.8. The fraction of sp³-hybridized carbons (Fsp3) is 0.500. The minimum Gasteiger partial charge on any atom is -0.378 e. The van der Waals surface area contributed by atoms with E-state index in [1.54, 1.807) is 6.20 Å². The number of aromatic nitrogens is 4. The quantitative estimate of drug-likeness (QED) is 0.920. The first-order valence-corrected chi connectivity index (χ1v) is 7.32. The zero-order valence-electron chi connectivity index (χ0n) is 12.8. The molecule has 0 bridgehead atoms. The fourth-order valence-electron chi connectivity index (χ4n) is 2.22. The van der Waals surface area contributed by atoms with Crippen LogP contribution in [0.4, 0.5) is 5.69 Å². The summed E-state index contributed by atoms with van der Waals surface area (Å²) >= 11 is 6.13. The van der Waals surface area contributed by atoms with E-state index in [2.05, 4.69) is 15.5 Å². The first-order chi connectivity index (χ1) is 9.95. The van der Waals surface area contributed by atoms with Gasteiger partial charge in [0.2, 0.25) is 0 Å². The van der Waals surface area contributed by atoms with E-state index in [4.69, 9.17) is 11.6 Å². The molecule has 0 spiro atoms. The molecule has 0 saturated heterocycles. The van der Waals surface area contributed by atoms with Crippen LogP contribution in [-0.4, -0.2) is 19.6 Å². The number of nitrogens with one attached hydrogen (secondary N) is 1. The van der Waals surface area contributed by atoms with Crippen LogP contribution in [0.5, 0.6) is 0 Å². The Balaban J connectivity index is 2.21. The molecule has 2 aromatic rings. The van der Waals surface area contributed by atoms with Gasteiger partial charge in [-0.3, -0.25) is 9.48 Å². The van der Waals surface area contributed by atoms with E-state index in [-0.39, 0.29) is 10.6 Å². The SMILES string of the molecule is CCCn1ncc(NCc2c(C)nn(C)c2C)c(Cl)c1=O. The Morgan fingerprint density at radius 2 is 2.10 bits per heavy atom. The first kappa shape index (κ1) is 15.6. The summed E-state index contributed by atoms with van der Waals surface area (Å²) in [6, 6.07) is 0. The summed E-state index contributed by atoms with van der Waals surface area (Å²) < 4.78 is 3.22. The molecule has 0 unspecified atom stereocenters. The number of hydrogen-bond donors (Lipinski definition) is 1. The number of hydrogen-bond acceptors (Lipinski definition) is 4. The van der Waals surface area contributed by atoms with Gasteiger partial charge in [0.05, 0.1) is 17.6 Å². The average Bonchev–Trinajstić information content (AvgIpc) is 2.69. The van der Waals surface area contributed by atoms with Gasteiger partial charge in [-0.2, -0.15) is 10.2 Å². The molecule has 0 radical (unpaired) electrons. The lowest BCUT2D eigenvalue weighted by Gasteiger charge is -2.10. The lowest BCUT2D eigenvalue weighted by molar-refractivity contribution is 0.568. The molecule has 7 heteroatoms. The van der Waals surface area contributed by atoms with E-state index in [0.717, 1.165) is 23.4 Å². The van der Waals surface area contributed by atoms with Crippen LogP contribution < -0.4 is 10.9 Å². The van der Waals surface area contributed by atoms with Crippen molar-refractivity contribution in [2.75, 3.05) is 5.32 Å². The van der Waals surface area contributed by atoms with Crippen LogP contribution in [0.25, 0.3) is 0 Å². The molecule has 0 aliphatic rings. The van der Waals surface area contributed by atoms with E-state index in [9.17, 15) is 4.79 Å². The standard InChI is InChI=1S/C14H20ClN5O/c1-5-6-20-14(21)13(15)12(8-17-20)16-7-11-9(2)18-19(4)10(11)3/h8,16H,5-7H2,1-4H3. The first-order valence-electron chi connectivity index (χ1n) is 6.94. The molecular formula is C14H20ClN5O. The number of rotatable bonds is 5. The Labute approximate surface area is 128 Å². The zero-order chi connectivity index (χ0) is 15.6. The van der Waals surface area contributed by atoms with Gasteiger partial charge in [0.15, 0.2) is 0 Å². The largest absolute Gasteiger partial charge is 0.378 e. The third-order valence-electron chi connectivity index (χ3n) is 3.53. The smallest absolute Gasteiger partial charge is 0.287 e. The lowest BCUT2D eigenvalue weighted by atomic mass is 10.2. The molecule has 0 aliphatic heterocycles. The van der Waals surface area contributed by atoms with E-state index in [1.165, 1.54) is 4.68 Å². The second kappa shape index (κ2) is 6.30. The molecule has 6 nitrogen and oxygen atoms in total. The van der Waals surface area contributed by atoms with Crippen LogP contribution in [0.2, 0.25) is 5.02 Å². The second-order valence-electron chi connectivity index (χ2n) is 5.03. The average molecular weight is 310 g/mol. The molecule has 0 saturated carbocycles. The van der Waals surface area contributed by atoms with Crippen molar-refractivity contribution >= 4 is 17.3 Å². The highest BCUT2D eigenvalue weighted by Crippen LogP contribution is 2.19. The highest BCUT2D eigenvalue weighted by Gasteiger charge is 2.12. The maximum atomic E-state index is 12.0. The summed E-state index contributed by atoms with van der Waals surface area (Å²) in [5.41, 5.74) is 3.44. The molecule has 0 aromatic carbocycles. The Morgan fingerprint density at radius 1 is 1.38 bits per heavy atom. The molecule has 1 N–H and O–H groups in total. The van der Waals surface area contributed by atoms with Crippen molar-refractivity contribution in [3.63, 3.8) is 0 Å². The number of nitrogens with zero attached hydrogens (tertiary/aromatic N) is 4. The van der Waals surface area contributed by atoms with Gasteiger partial charge in [0.1, 0.15) is 5.02 Å². The van der Waals surface area contributed by atoms with Gasteiger partial charge in [-0.15, -0.1) is 0 Å². The molecule has 114 valence electrons. The van der Waals surface area contributed by atoms with Crippen LogP contribution >= 0.6 is 11.6 Å². The highest BCUT2D eigenvalue weighted by atomic mass is 35.5. The molecule has 0 aliphatic carbocycles. The van der Waals surface area contributed by atoms with Crippen molar-refractivity contribution in [1.29, 1.82) is 0 Å². The topological polar surface area (TPSA) is 64.7 Å². The van der Waals surface area contributed by atoms with Gasteiger partial charge < -0.3 is 5.32 Å². The Kier molecular flexibility index (Phi) is 4.67. The van der Waals surface area contributed by atoms with Crippen molar-refractivity contribution in [3.8, 4) is 0 Å².